The number of nitrogens with zero attached hydrogens (tertiary/aromatic N) is 1. The molecule has 0 aromatic heterocycles. The molecule has 14 heavy (non-hydrogen) atoms. The molecule has 3 heteroatoms. The lowest BCUT2D eigenvalue weighted by Crippen LogP contribution is -2.39. The Hall–Kier alpha value is -0.730. The van der Waals surface area contributed by atoms with Crippen molar-refractivity contribution in [2.45, 2.75) is 45.3 Å². The van der Waals surface area contributed by atoms with Gasteiger partial charge in [-0.25, -0.2) is 4.79 Å². The van der Waals surface area contributed by atoms with Crippen LogP contribution in [0.4, 0.5) is 4.79 Å². The molecule has 82 valence electrons. The minimum absolute atomic E-state index is 0.0673. The highest BCUT2D eigenvalue weighted by Crippen LogP contribution is 2.12. The topological polar surface area (TPSA) is 29.5 Å². The Kier molecular flexibility index (Phi) is 4.95. The van der Waals surface area contributed by atoms with Gasteiger partial charge in [0, 0.05) is 13.1 Å². The molecule has 0 N–H and O–H groups in total. The number of carbonyl (C=O) groups excluding carboxylic acids is 1. The lowest BCUT2D eigenvalue weighted by atomic mass is 10.2. The summed E-state index contributed by atoms with van der Waals surface area (Å²) in [6, 6.07) is -0.0673. The molecule has 1 unspecified atom stereocenters. The first-order chi connectivity index (χ1) is 6.28. The third-order valence-corrected chi connectivity index (χ3v) is 1.77. The molecule has 0 aliphatic carbocycles. The molecule has 0 aromatic rings. The van der Waals surface area contributed by atoms with Crippen LogP contribution in [-0.2, 0) is 4.74 Å². The largest absolute Gasteiger partial charge is 0.444 e. The van der Waals surface area contributed by atoms with Crippen LogP contribution < -0.4 is 0 Å². The van der Waals surface area contributed by atoms with Gasteiger partial charge in [-0.2, -0.15) is 0 Å². The van der Waals surface area contributed by atoms with Gasteiger partial charge in [0.25, 0.3) is 0 Å². The van der Waals surface area contributed by atoms with Crippen molar-refractivity contribution in [3.05, 3.63) is 13.8 Å². The molecule has 0 heterocycles. The molecular weight excluding hydrogens is 178 g/mol. The Balaban J connectivity index is 4.12. The lowest BCUT2D eigenvalue weighted by molar-refractivity contribution is 0.0249. The average molecular weight is 199 g/mol. The van der Waals surface area contributed by atoms with E-state index in [1.54, 1.807) is 7.05 Å². The van der Waals surface area contributed by atoms with Gasteiger partial charge in [0.05, 0.1) is 0 Å². The second-order valence-electron chi connectivity index (χ2n) is 4.39. The molecule has 2 radical (unpaired) electrons. The zero-order chi connectivity index (χ0) is 11.4. The minimum Gasteiger partial charge on any atom is -0.444 e. The molecule has 0 rings (SSSR count). The van der Waals surface area contributed by atoms with E-state index in [2.05, 4.69) is 13.8 Å². The van der Waals surface area contributed by atoms with Crippen LogP contribution in [0, 0.1) is 13.8 Å². The van der Waals surface area contributed by atoms with Crippen molar-refractivity contribution in [3.63, 3.8) is 0 Å². The second-order valence-corrected chi connectivity index (χ2v) is 4.39. The Morgan fingerprint density at radius 2 is 2.00 bits per heavy atom. The highest BCUT2D eigenvalue weighted by molar-refractivity contribution is 5.68. The number of carbonyl (C=O) groups is 1. The molecule has 0 spiro atoms. The maximum atomic E-state index is 11.5. The lowest BCUT2D eigenvalue weighted by Gasteiger charge is -2.28. The van der Waals surface area contributed by atoms with Gasteiger partial charge in [0.2, 0.25) is 0 Å². The van der Waals surface area contributed by atoms with Gasteiger partial charge < -0.3 is 9.64 Å². The Morgan fingerprint density at radius 1 is 1.50 bits per heavy atom. The maximum absolute atomic E-state index is 11.5. The summed E-state index contributed by atoms with van der Waals surface area (Å²) in [6.07, 6.45) is 1.22. The van der Waals surface area contributed by atoms with Gasteiger partial charge in [0.15, 0.2) is 0 Å². The third kappa shape index (κ3) is 5.10. The number of hydrogen-bond acceptors (Lipinski definition) is 2. The monoisotopic (exact) mass is 199 g/mol. The first-order valence-electron chi connectivity index (χ1n) is 4.86. The van der Waals surface area contributed by atoms with E-state index < -0.39 is 5.60 Å². The van der Waals surface area contributed by atoms with Crippen LogP contribution in [0.2, 0.25) is 0 Å². The standard InChI is InChI=1S/C11H21NO2/c1-7-8-9(2)12(6)10(13)14-11(3,4)5/h9H,1-2,7-8H2,3-6H3. The van der Waals surface area contributed by atoms with E-state index in [4.69, 9.17) is 4.74 Å². The van der Waals surface area contributed by atoms with Gasteiger partial charge in [-0.15, -0.1) is 0 Å². The van der Waals surface area contributed by atoms with Crippen LogP contribution in [-0.4, -0.2) is 29.7 Å². The third-order valence-electron chi connectivity index (χ3n) is 1.77. The van der Waals surface area contributed by atoms with E-state index in [1.807, 2.05) is 20.8 Å². The van der Waals surface area contributed by atoms with Crippen molar-refractivity contribution >= 4 is 6.09 Å². The highest BCUT2D eigenvalue weighted by Gasteiger charge is 2.22. The van der Waals surface area contributed by atoms with Crippen LogP contribution in [0.3, 0.4) is 0 Å². The van der Waals surface area contributed by atoms with Crippen molar-refractivity contribution < 1.29 is 9.53 Å². The Bertz CT molecular complexity index is 184. The van der Waals surface area contributed by atoms with E-state index in [-0.39, 0.29) is 12.1 Å². The van der Waals surface area contributed by atoms with E-state index >= 15 is 0 Å². The molecule has 0 aliphatic rings. The molecule has 0 bridgehead atoms. The zero-order valence-electron chi connectivity index (χ0n) is 9.67. The molecular formula is C11H21NO2. The Morgan fingerprint density at radius 3 is 2.36 bits per heavy atom. The van der Waals surface area contributed by atoms with E-state index in [9.17, 15) is 4.79 Å². The van der Waals surface area contributed by atoms with Gasteiger partial charge >= 0.3 is 6.09 Å². The summed E-state index contributed by atoms with van der Waals surface area (Å²) in [5, 5.41) is 0. The van der Waals surface area contributed by atoms with Gasteiger partial charge in [0.1, 0.15) is 5.60 Å². The summed E-state index contributed by atoms with van der Waals surface area (Å²) in [7, 11) is 1.70. The van der Waals surface area contributed by atoms with E-state index in [0.717, 1.165) is 12.8 Å². The predicted octanol–water partition coefficient (Wildman–Crippen LogP) is 2.67. The number of amides is 1. The minimum atomic E-state index is -0.449. The second kappa shape index (κ2) is 5.23. The normalized spacial score (nSPS) is 13.6. The molecule has 0 aliphatic heterocycles. The molecule has 0 saturated carbocycles. The summed E-state index contributed by atoms with van der Waals surface area (Å²) in [4.78, 5) is 13.0. The SMILES string of the molecule is [CH2]CCC([CH2])N(C)C(=O)OC(C)(C)C. The van der Waals surface area contributed by atoms with Crippen LogP contribution in [0.25, 0.3) is 0 Å². The van der Waals surface area contributed by atoms with Crippen molar-refractivity contribution in [2.75, 3.05) is 7.05 Å². The van der Waals surface area contributed by atoms with Crippen molar-refractivity contribution in [3.8, 4) is 0 Å². The van der Waals surface area contributed by atoms with Crippen LogP contribution in [0.1, 0.15) is 33.6 Å². The van der Waals surface area contributed by atoms with Crippen LogP contribution in [0.15, 0.2) is 0 Å². The fourth-order valence-corrected chi connectivity index (χ4v) is 0.912. The predicted molar refractivity (Wildman–Crippen MR) is 57.7 cm³/mol. The number of ether oxygens (including phenoxy) is 1. The summed E-state index contributed by atoms with van der Waals surface area (Å²) in [5.41, 5.74) is -0.449. The van der Waals surface area contributed by atoms with Crippen LogP contribution in [0.5, 0.6) is 0 Å². The quantitative estimate of drug-likeness (QED) is 0.699. The summed E-state index contributed by atoms with van der Waals surface area (Å²) in [5.74, 6) is 0. The molecule has 0 aromatic carbocycles. The van der Waals surface area contributed by atoms with Crippen molar-refractivity contribution in [2.24, 2.45) is 0 Å². The molecule has 1 amide bonds. The first kappa shape index (κ1) is 13.3. The summed E-state index contributed by atoms with van der Waals surface area (Å²) >= 11 is 0. The summed E-state index contributed by atoms with van der Waals surface area (Å²) in [6.45, 7) is 13.1. The van der Waals surface area contributed by atoms with E-state index in [1.165, 1.54) is 4.90 Å². The zero-order valence-corrected chi connectivity index (χ0v) is 9.67. The summed E-state index contributed by atoms with van der Waals surface area (Å²) < 4.78 is 5.19. The number of hydrogen-bond donors (Lipinski definition) is 0. The molecule has 0 saturated heterocycles. The van der Waals surface area contributed by atoms with Crippen LogP contribution >= 0.6 is 0 Å². The van der Waals surface area contributed by atoms with Crippen molar-refractivity contribution in [1.82, 2.24) is 4.90 Å². The smallest absolute Gasteiger partial charge is 0.410 e. The molecule has 0 fully saturated rings. The Labute approximate surface area is 87.4 Å². The fraction of sp³-hybridized carbons (Fsp3) is 0.727. The molecule has 3 nitrogen and oxygen atoms in total. The maximum Gasteiger partial charge on any atom is 0.410 e. The molecule has 1 atom stereocenters. The fourth-order valence-electron chi connectivity index (χ4n) is 0.912. The van der Waals surface area contributed by atoms with Gasteiger partial charge in [-0.1, -0.05) is 13.3 Å². The number of rotatable bonds is 3. The average Bonchev–Trinajstić information content (AvgIpc) is 2.00. The van der Waals surface area contributed by atoms with Crippen molar-refractivity contribution in [1.29, 1.82) is 0 Å². The van der Waals surface area contributed by atoms with Gasteiger partial charge in [-0.05, 0) is 34.1 Å². The highest BCUT2D eigenvalue weighted by atomic mass is 16.6. The first-order valence-corrected chi connectivity index (χ1v) is 4.86. The van der Waals surface area contributed by atoms with Gasteiger partial charge in [-0.3, -0.25) is 0 Å². The van der Waals surface area contributed by atoms with E-state index in [0.29, 0.717) is 0 Å².